The van der Waals surface area contributed by atoms with Gasteiger partial charge in [-0.2, -0.15) is 0 Å². The predicted molar refractivity (Wildman–Crippen MR) is 70.2 cm³/mol. The molecule has 0 saturated heterocycles. The first-order valence-corrected chi connectivity index (χ1v) is 6.65. The third kappa shape index (κ3) is 2.53. The third-order valence-electron chi connectivity index (χ3n) is 4.03. The summed E-state index contributed by atoms with van der Waals surface area (Å²) in [7, 11) is 0. The van der Waals surface area contributed by atoms with Crippen LogP contribution in [0.15, 0.2) is 29.8 Å². The van der Waals surface area contributed by atoms with Gasteiger partial charge in [-0.3, -0.25) is 9.59 Å². The molecule has 0 aromatic heterocycles. The highest BCUT2D eigenvalue weighted by molar-refractivity contribution is 6.04. The van der Waals surface area contributed by atoms with E-state index in [2.05, 4.69) is 5.32 Å². The van der Waals surface area contributed by atoms with Gasteiger partial charge in [-0.25, -0.2) is 8.78 Å². The monoisotopic (exact) mass is 293 g/mol. The van der Waals surface area contributed by atoms with Crippen molar-refractivity contribution < 1.29 is 23.1 Å². The minimum absolute atomic E-state index is 0.0714. The summed E-state index contributed by atoms with van der Waals surface area (Å²) >= 11 is 0. The minimum atomic E-state index is -0.826. The topological polar surface area (TPSA) is 55.4 Å². The van der Waals surface area contributed by atoms with Crippen molar-refractivity contribution in [2.24, 2.45) is 11.8 Å². The summed E-state index contributed by atoms with van der Waals surface area (Å²) < 4.78 is 31.4. The molecule has 1 saturated carbocycles. The fourth-order valence-corrected chi connectivity index (χ4v) is 3.13. The number of allylic oxidation sites excluding steroid dienone is 1. The lowest BCUT2D eigenvalue weighted by Gasteiger charge is -2.21. The number of rotatable bonds is 4. The van der Waals surface area contributed by atoms with E-state index >= 15 is 0 Å². The van der Waals surface area contributed by atoms with E-state index in [0.29, 0.717) is 24.5 Å². The Balaban J connectivity index is 1.74. The normalized spacial score (nSPS) is 26.4. The molecular formula is C15H13F2NO3. The van der Waals surface area contributed by atoms with E-state index in [1.54, 1.807) is 0 Å². The van der Waals surface area contributed by atoms with Crippen molar-refractivity contribution >= 4 is 18.1 Å². The Hall–Kier alpha value is -2.24. The van der Waals surface area contributed by atoms with Crippen molar-refractivity contribution in [1.29, 1.82) is 0 Å². The lowest BCUT2D eigenvalue weighted by atomic mass is 9.95. The number of hydrogen-bond donors (Lipinski definition) is 1. The predicted octanol–water partition coefficient (Wildman–Crippen LogP) is 2.41. The number of nitrogens with one attached hydrogen (secondary N) is 1. The molecule has 2 aliphatic rings. The fraction of sp³-hybridized carbons (Fsp3) is 0.333. The van der Waals surface area contributed by atoms with Gasteiger partial charge in [0.25, 0.3) is 12.4 Å². The Labute approximate surface area is 119 Å². The number of halogens is 2. The number of fused-ring (bicyclic) bond motifs is 2. The number of amides is 1. The van der Waals surface area contributed by atoms with Gasteiger partial charge in [-0.05, 0) is 30.9 Å². The molecule has 2 bridgehead atoms. The second-order valence-corrected chi connectivity index (χ2v) is 5.31. The summed E-state index contributed by atoms with van der Waals surface area (Å²) in [6.07, 6.45) is 3.01. The Morgan fingerprint density at radius 2 is 2.14 bits per heavy atom. The van der Waals surface area contributed by atoms with Gasteiger partial charge < -0.3 is 10.1 Å². The van der Waals surface area contributed by atoms with Crippen LogP contribution in [0.3, 0.4) is 0 Å². The van der Waals surface area contributed by atoms with Crippen molar-refractivity contribution in [3.8, 4) is 0 Å². The van der Waals surface area contributed by atoms with Crippen molar-refractivity contribution in [2.45, 2.75) is 18.9 Å². The molecule has 1 aromatic carbocycles. The lowest BCUT2D eigenvalue weighted by molar-refractivity contribution is -0.135. The molecule has 3 unspecified atom stereocenters. The first kappa shape index (κ1) is 13.7. The molecule has 4 nitrogen and oxygen atoms in total. The summed E-state index contributed by atoms with van der Waals surface area (Å²) in [5, 5.41) is 2.43. The van der Waals surface area contributed by atoms with E-state index in [0.717, 1.165) is 12.5 Å². The zero-order valence-corrected chi connectivity index (χ0v) is 11.0. The Bertz CT molecular complexity index is 629. The maximum Gasteiger partial charge on any atom is 0.293 e. The van der Waals surface area contributed by atoms with Crippen LogP contribution >= 0.6 is 0 Å². The van der Waals surface area contributed by atoms with Gasteiger partial charge in [0.2, 0.25) is 0 Å². The molecule has 21 heavy (non-hydrogen) atoms. The molecule has 110 valence electrons. The van der Waals surface area contributed by atoms with Crippen molar-refractivity contribution in [3.05, 3.63) is 41.5 Å². The van der Waals surface area contributed by atoms with Crippen LogP contribution in [-0.2, 0) is 14.3 Å². The van der Waals surface area contributed by atoms with Gasteiger partial charge in [0, 0.05) is 17.6 Å². The molecule has 1 fully saturated rings. The molecule has 1 amide bonds. The van der Waals surface area contributed by atoms with Gasteiger partial charge in [-0.1, -0.05) is 6.08 Å². The fourth-order valence-electron chi connectivity index (χ4n) is 3.13. The summed E-state index contributed by atoms with van der Waals surface area (Å²) in [5.41, 5.74) is 0.430. The molecule has 0 aliphatic heterocycles. The minimum Gasteiger partial charge on any atom is -0.464 e. The number of ether oxygens (including phenoxy) is 1. The summed E-state index contributed by atoms with van der Waals surface area (Å²) in [6, 6.07) is 2.96. The molecule has 1 aromatic rings. The standard InChI is InChI=1S/C15H13F2NO3/c16-9-1-2-13(12(17)6-9)18-15(20)11-4-8-3-10(11)14(5-8)21-7-19/h1-2,4,6-8,10,14H,3,5H2,(H,18,20). The number of benzene rings is 1. The van der Waals surface area contributed by atoms with Crippen molar-refractivity contribution in [2.75, 3.05) is 5.32 Å². The van der Waals surface area contributed by atoms with Crippen molar-refractivity contribution in [3.63, 3.8) is 0 Å². The summed E-state index contributed by atoms with van der Waals surface area (Å²) in [4.78, 5) is 22.7. The van der Waals surface area contributed by atoms with E-state index in [4.69, 9.17) is 4.74 Å². The van der Waals surface area contributed by atoms with Gasteiger partial charge in [0.15, 0.2) is 0 Å². The van der Waals surface area contributed by atoms with Crippen LogP contribution < -0.4 is 5.32 Å². The molecule has 0 radical (unpaired) electrons. The molecule has 2 aliphatic carbocycles. The van der Waals surface area contributed by atoms with Crippen LogP contribution in [0, 0.1) is 23.5 Å². The smallest absolute Gasteiger partial charge is 0.293 e. The molecule has 3 atom stereocenters. The largest absolute Gasteiger partial charge is 0.464 e. The quantitative estimate of drug-likeness (QED) is 0.867. The zero-order chi connectivity index (χ0) is 15.0. The van der Waals surface area contributed by atoms with Gasteiger partial charge in [0.05, 0.1) is 5.69 Å². The number of anilines is 1. The molecule has 3 rings (SSSR count). The van der Waals surface area contributed by atoms with Gasteiger partial charge in [-0.15, -0.1) is 0 Å². The van der Waals surface area contributed by atoms with Gasteiger partial charge >= 0.3 is 0 Å². The Kier molecular flexibility index (Phi) is 3.45. The van der Waals surface area contributed by atoms with Gasteiger partial charge in [0.1, 0.15) is 17.7 Å². The molecule has 1 N–H and O–H groups in total. The molecule has 6 heteroatoms. The highest BCUT2D eigenvalue weighted by Crippen LogP contribution is 2.45. The first-order valence-electron chi connectivity index (χ1n) is 6.65. The van der Waals surface area contributed by atoms with Crippen LogP contribution in [0.5, 0.6) is 0 Å². The Morgan fingerprint density at radius 1 is 1.33 bits per heavy atom. The van der Waals surface area contributed by atoms with E-state index in [-0.39, 0.29) is 23.6 Å². The number of carbonyl (C=O) groups is 2. The van der Waals surface area contributed by atoms with Crippen LogP contribution in [0.4, 0.5) is 14.5 Å². The van der Waals surface area contributed by atoms with Crippen LogP contribution in [0.2, 0.25) is 0 Å². The average molecular weight is 293 g/mol. The van der Waals surface area contributed by atoms with Crippen LogP contribution in [0.1, 0.15) is 12.8 Å². The van der Waals surface area contributed by atoms with Crippen LogP contribution in [0.25, 0.3) is 0 Å². The molecule has 0 spiro atoms. The van der Waals surface area contributed by atoms with E-state index in [1.807, 2.05) is 6.08 Å². The molecule has 0 heterocycles. The molecular weight excluding hydrogens is 280 g/mol. The average Bonchev–Trinajstić information content (AvgIpc) is 3.02. The van der Waals surface area contributed by atoms with E-state index in [1.165, 1.54) is 6.07 Å². The Morgan fingerprint density at radius 3 is 2.81 bits per heavy atom. The third-order valence-corrected chi connectivity index (χ3v) is 4.03. The van der Waals surface area contributed by atoms with Crippen molar-refractivity contribution in [1.82, 2.24) is 0 Å². The highest BCUT2D eigenvalue weighted by atomic mass is 19.1. The second kappa shape index (κ2) is 5.27. The highest BCUT2D eigenvalue weighted by Gasteiger charge is 2.44. The van der Waals surface area contributed by atoms with Crippen LogP contribution in [-0.4, -0.2) is 18.5 Å². The number of carbonyl (C=O) groups excluding carboxylic acids is 2. The second-order valence-electron chi connectivity index (χ2n) is 5.31. The maximum absolute atomic E-state index is 13.5. The summed E-state index contributed by atoms with van der Waals surface area (Å²) in [5.74, 6) is -1.91. The lowest BCUT2D eigenvalue weighted by Crippen LogP contribution is -2.27. The first-order chi connectivity index (χ1) is 10.1. The maximum atomic E-state index is 13.5. The van der Waals surface area contributed by atoms with E-state index < -0.39 is 17.5 Å². The number of hydrogen-bond acceptors (Lipinski definition) is 3. The summed E-state index contributed by atoms with van der Waals surface area (Å²) in [6.45, 7) is 0.389. The van der Waals surface area contributed by atoms with E-state index in [9.17, 15) is 18.4 Å². The SMILES string of the molecule is O=COC1CC2C=C(C(=O)Nc3ccc(F)cc3F)C1C2. The zero-order valence-electron chi connectivity index (χ0n) is 11.0.